The molecular formula is C29H26ClN3O2S. The lowest BCUT2D eigenvalue weighted by atomic mass is 10.1. The van der Waals surface area contributed by atoms with Crippen molar-refractivity contribution in [1.29, 1.82) is 5.26 Å². The van der Waals surface area contributed by atoms with Gasteiger partial charge in [0.05, 0.1) is 5.25 Å². The number of nitrogens with zero attached hydrogens (tertiary/aromatic N) is 2. The number of benzene rings is 3. The Morgan fingerprint density at radius 2 is 1.75 bits per heavy atom. The number of amides is 2. The highest BCUT2D eigenvalue weighted by Crippen LogP contribution is 2.42. The van der Waals surface area contributed by atoms with Crippen LogP contribution in [-0.4, -0.2) is 17.1 Å². The van der Waals surface area contributed by atoms with E-state index >= 15 is 0 Å². The molecule has 1 aliphatic rings. The van der Waals surface area contributed by atoms with Crippen LogP contribution in [0.15, 0.2) is 89.5 Å². The fraction of sp³-hybridized carbons (Fsp3) is 0.207. The van der Waals surface area contributed by atoms with Crippen LogP contribution >= 0.6 is 23.4 Å². The number of nitriles is 1. The summed E-state index contributed by atoms with van der Waals surface area (Å²) >= 11 is 7.57. The molecule has 0 aromatic heterocycles. The maximum atomic E-state index is 13.5. The van der Waals surface area contributed by atoms with Crippen LogP contribution in [0.4, 0.5) is 11.4 Å². The van der Waals surface area contributed by atoms with Crippen molar-refractivity contribution in [2.45, 2.75) is 37.9 Å². The van der Waals surface area contributed by atoms with E-state index in [1.165, 1.54) is 22.2 Å². The average Bonchev–Trinajstić information content (AvgIpc) is 3.21. The molecule has 36 heavy (non-hydrogen) atoms. The molecule has 1 N–H and O–H groups in total. The Kier molecular flexibility index (Phi) is 8.48. The predicted octanol–water partition coefficient (Wildman–Crippen LogP) is 6.75. The lowest BCUT2D eigenvalue weighted by molar-refractivity contribution is -0.117. The van der Waals surface area contributed by atoms with E-state index in [-0.39, 0.29) is 11.5 Å². The van der Waals surface area contributed by atoms with Crippen LogP contribution in [0, 0.1) is 11.3 Å². The smallest absolute Gasteiger partial charge is 0.269 e. The van der Waals surface area contributed by atoms with E-state index < -0.39 is 11.2 Å². The average molecular weight is 516 g/mol. The second-order valence-corrected chi connectivity index (χ2v) is 10.1. The van der Waals surface area contributed by atoms with Gasteiger partial charge in [0, 0.05) is 16.4 Å². The van der Waals surface area contributed by atoms with Crippen LogP contribution < -0.4 is 10.2 Å². The number of thioether (sulfide) groups is 1. The molecule has 3 aromatic rings. The van der Waals surface area contributed by atoms with E-state index in [0.29, 0.717) is 27.8 Å². The summed E-state index contributed by atoms with van der Waals surface area (Å²) in [6.45, 7) is 2.15. The molecule has 5 nitrogen and oxygen atoms in total. The van der Waals surface area contributed by atoms with Crippen LogP contribution in [0.2, 0.25) is 5.02 Å². The van der Waals surface area contributed by atoms with Gasteiger partial charge in [0.15, 0.2) is 0 Å². The Balaban J connectivity index is 1.64. The van der Waals surface area contributed by atoms with E-state index in [0.717, 1.165) is 24.8 Å². The zero-order valence-corrected chi connectivity index (χ0v) is 21.5. The summed E-state index contributed by atoms with van der Waals surface area (Å²) in [7, 11) is 0. The third-order valence-corrected chi connectivity index (χ3v) is 7.55. The second kappa shape index (κ2) is 11.9. The number of unbranched alkanes of at least 4 members (excludes halogenated alkanes) is 1. The molecule has 0 spiro atoms. The molecule has 7 heteroatoms. The molecule has 0 radical (unpaired) electrons. The highest BCUT2D eigenvalue weighted by molar-refractivity contribution is 8.05. The summed E-state index contributed by atoms with van der Waals surface area (Å²) in [5, 5.41) is 13.2. The highest BCUT2D eigenvalue weighted by Gasteiger charge is 2.41. The van der Waals surface area contributed by atoms with Gasteiger partial charge in [-0.15, -0.1) is 0 Å². The lowest BCUT2D eigenvalue weighted by Gasteiger charge is -2.18. The van der Waals surface area contributed by atoms with Crippen molar-refractivity contribution in [1.82, 2.24) is 0 Å². The number of aryl methyl sites for hydroxylation is 1. The minimum Gasteiger partial charge on any atom is -0.321 e. The van der Waals surface area contributed by atoms with E-state index in [4.69, 9.17) is 11.6 Å². The predicted molar refractivity (Wildman–Crippen MR) is 147 cm³/mol. The number of hydrogen-bond donors (Lipinski definition) is 1. The molecule has 0 bridgehead atoms. The van der Waals surface area contributed by atoms with Crippen molar-refractivity contribution < 1.29 is 9.59 Å². The number of carbonyl (C=O) groups is 2. The molecular weight excluding hydrogens is 490 g/mol. The van der Waals surface area contributed by atoms with Gasteiger partial charge in [-0.2, -0.15) is 5.26 Å². The van der Waals surface area contributed by atoms with Gasteiger partial charge in [0.2, 0.25) is 5.91 Å². The van der Waals surface area contributed by atoms with Gasteiger partial charge in [-0.3, -0.25) is 14.5 Å². The van der Waals surface area contributed by atoms with Crippen molar-refractivity contribution in [2.24, 2.45) is 0 Å². The minimum absolute atomic E-state index is 0.103. The van der Waals surface area contributed by atoms with Crippen LogP contribution in [0.25, 0.3) is 0 Å². The molecule has 3 aromatic carbocycles. The van der Waals surface area contributed by atoms with Crippen molar-refractivity contribution in [3.05, 3.63) is 106 Å². The molecule has 1 aliphatic heterocycles. The minimum atomic E-state index is -0.548. The van der Waals surface area contributed by atoms with Gasteiger partial charge in [-0.05, 0) is 60.7 Å². The first-order chi connectivity index (χ1) is 17.5. The first-order valence-electron chi connectivity index (χ1n) is 11.9. The zero-order chi connectivity index (χ0) is 25.5. The Morgan fingerprint density at radius 1 is 1.06 bits per heavy atom. The highest BCUT2D eigenvalue weighted by atomic mass is 35.5. The Hall–Kier alpha value is -3.53. The molecule has 1 atom stereocenters. The van der Waals surface area contributed by atoms with Crippen LogP contribution in [-0.2, 0) is 22.4 Å². The summed E-state index contributed by atoms with van der Waals surface area (Å²) < 4.78 is 0. The number of halogens is 1. The topological polar surface area (TPSA) is 73.2 Å². The second-order valence-electron chi connectivity index (χ2n) is 8.46. The lowest BCUT2D eigenvalue weighted by Crippen LogP contribution is -2.30. The maximum Gasteiger partial charge on any atom is 0.269 e. The zero-order valence-electron chi connectivity index (χ0n) is 19.9. The third-order valence-electron chi connectivity index (χ3n) is 5.91. The van der Waals surface area contributed by atoms with E-state index in [9.17, 15) is 14.9 Å². The normalized spacial score (nSPS) is 16.5. The SMILES string of the molecule is CCCCc1ccc(NC(=O)/C(C#N)=C2\S[C@@H](Cc3ccccc3Cl)C(=O)N2c2ccccc2)cc1. The molecule has 0 aliphatic carbocycles. The van der Waals surface area contributed by atoms with Crippen molar-refractivity contribution >= 4 is 46.6 Å². The summed E-state index contributed by atoms with van der Waals surface area (Å²) in [4.78, 5) is 28.2. The fourth-order valence-corrected chi connectivity index (χ4v) is 5.50. The Morgan fingerprint density at radius 3 is 2.42 bits per heavy atom. The number of para-hydroxylation sites is 1. The first-order valence-corrected chi connectivity index (χ1v) is 13.1. The van der Waals surface area contributed by atoms with Crippen molar-refractivity contribution in [3.63, 3.8) is 0 Å². The van der Waals surface area contributed by atoms with Crippen LogP contribution in [0.3, 0.4) is 0 Å². The largest absolute Gasteiger partial charge is 0.321 e. The van der Waals surface area contributed by atoms with Gasteiger partial charge in [0.1, 0.15) is 16.7 Å². The summed E-state index contributed by atoms with van der Waals surface area (Å²) in [6.07, 6.45) is 3.58. The van der Waals surface area contributed by atoms with Gasteiger partial charge in [0.25, 0.3) is 5.91 Å². The molecule has 1 fully saturated rings. The number of hydrogen-bond acceptors (Lipinski definition) is 4. The molecule has 0 saturated carbocycles. The third kappa shape index (κ3) is 5.81. The van der Waals surface area contributed by atoms with Gasteiger partial charge >= 0.3 is 0 Å². The molecule has 0 unspecified atom stereocenters. The summed E-state index contributed by atoms with van der Waals surface area (Å²) in [5.41, 5.74) is 3.14. The Bertz CT molecular complexity index is 1320. The van der Waals surface area contributed by atoms with Crippen LogP contribution in [0.1, 0.15) is 30.9 Å². The number of nitrogens with one attached hydrogen (secondary N) is 1. The maximum absolute atomic E-state index is 13.5. The summed E-state index contributed by atoms with van der Waals surface area (Å²) in [6, 6.07) is 26.1. The van der Waals surface area contributed by atoms with E-state index in [1.807, 2.05) is 66.7 Å². The van der Waals surface area contributed by atoms with Crippen molar-refractivity contribution in [2.75, 3.05) is 10.2 Å². The number of rotatable bonds is 8. The summed E-state index contributed by atoms with van der Waals surface area (Å²) in [5.74, 6) is -0.740. The first kappa shape index (κ1) is 25.6. The number of carbonyl (C=O) groups excluding carboxylic acids is 2. The van der Waals surface area contributed by atoms with Crippen molar-refractivity contribution in [3.8, 4) is 6.07 Å². The molecule has 182 valence electrons. The quantitative estimate of drug-likeness (QED) is 0.266. The molecule has 2 amide bonds. The Labute approximate surface area is 220 Å². The standard InChI is InChI=1S/C29H26ClN3O2S/c1-2-3-9-20-14-16-22(17-15-20)32-27(34)24(19-31)29-33(23-11-5-4-6-12-23)28(35)26(36-29)18-21-10-7-8-13-25(21)30/h4-8,10-17,26H,2-3,9,18H2,1H3,(H,32,34)/b29-24-/t26-/m0/s1. The van der Waals surface area contributed by atoms with Gasteiger partial charge in [-0.1, -0.05) is 85.2 Å². The molecule has 1 heterocycles. The van der Waals surface area contributed by atoms with E-state index in [1.54, 1.807) is 18.2 Å². The monoisotopic (exact) mass is 515 g/mol. The van der Waals surface area contributed by atoms with E-state index in [2.05, 4.69) is 12.2 Å². The van der Waals surface area contributed by atoms with Gasteiger partial charge in [-0.25, -0.2) is 0 Å². The van der Waals surface area contributed by atoms with Gasteiger partial charge < -0.3 is 5.32 Å². The fourth-order valence-electron chi connectivity index (χ4n) is 3.99. The van der Waals surface area contributed by atoms with Crippen LogP contribution in [0.5, 0.6) is 0 Å². The number of anilines is 2. The molecule has 1 saturated heterocycles. The molecule has 4 rings (SSSR count).